The molecule has 0 fully saturated rings. The fourth-order valence-electron chi connectivity index (χ4n) is 1.74. The van der Waals surface area contributed by atoms with Crippen LogP contribution in [0, 0.1) is 10.1 Å². The Morgan fingerprint density at radius 1 is 1.39 bits per heavy atom. The summed E-state index contributed by atoms with van der Waals surface area (Å²) < 4.78 is 10.3. The van der Waals surface area contributed by atoms with Crippen molar-refractivity contribution in [3.8, 4) is 11.3 Å². The lowest BCUT2D eigenvalue weighted by Crippen LogP contribution is -1.99. The second-order valence-corrected chi connectivity index (χ2v) is 4.78. The van der Waals surface area contributed by atoms with Gasteiger partial charge < -0.3 is 9.15 Å². The van der Waals surface area contributed by atoms with E-state index < -0.39 is 10.9 Å². The number of carbonyl (C=O) groups excluding carboxylic acids is 1. The van der Waals surface area contributed by atoms with Gasteiger partial charge in [-0.2, -0.15) is 0 Å². The van der Waals surface area contributed by atoms with Crippen molar-refractivity contribution in [3.63, 3.8) is 0 Å². The summed E-state index contributed by atoms with van der Waals surface area (Å²) in [7, 11) is 0. The van der Waals surface area contributed by atoms with Gasteiger partial charge >= 0.3 is 5.97 Å². The largest absolute Gasteiger partial charge is 0.458 e. The maximum atomic E-state index is 11.3. The Balaban J connectivity index is 2.16. The Morgan fingerprint density at radius 2 is 2.17 bits per heavy atom. The van der Waals surface area contributed by atoms with E-state index in [2.05, 4.69) is 6.58 Å². The molecular formula is C16H12ClNO5. The number of nitro benzene ring substituents is 1. The van der Waals surface area contributed by atoms with Crippen LogP contribution in [-0.2, 0) is 9.53 Å². The number of ether oxygens (including phenoxy) is 1. The van der Waals surface area contributed by atoms with Gasteiger partial charge in [0, 0.05) is 23.8 Å². The molecule has 6 nitrogen and oxygen atoms in total. The predicted octanol–water partition coefficient (Wildman–Crippen LogP) is 4.25. The highest BCUT2D eigenvalue weighted by atomic mass is 35.5. The number of furan rings is 1. The number of hydrogen-bond donors (Lipinski definition) is 0. The van der Waals surface area contributed by atoms with Crippen molar-refractivity contribution < 1.29 is 18.9 Å². The molecule has 0 N–H and O–H groups in total. The van der Waals surface area contributed by atoms with Crippen LogP contribution in [0.3, 0.4) is 0 Å². The highest BCUT2D eigenvalue weighted by Gasteiger charge is 2.13. The SMILES string of the molecule is C=CCOC(=O)/C=C/c1ccc(-c2ccc([N+](=O)[O-])cc2Cl)o1. The van der Waals surface area contributed by atoms with Crippen molar-refractivity contribution in [2.24, 2.45) is 0 Å². The molecule has 2 rings (SSSR count). The average Bonchev–Trinajstić information content (AvgIpc) is 2.99. The first kappa shape index (κ1) is 16.5. The number of benzene rings is 1. The third-order valence-electron chi connectivity index (χ3n) is 2.78. The van der Waals surface area contributed by atoms with Gasteiger partial charge in [-0.25, -0.2) is 4.79 Å². The molecular weight excluding hydrogens is 322 g/mol. The smallest absolute Gasteiger partial charge is 0.331 e. The Morgan fingerprint density at radius 3 is 2.83 bits per heavy atom. The van der Waals surface area contributed by atoms with Crippen molar-refractivity contribution in [1.29, 1.82) is 0 Å². The second-order valence-electron chi connectivity index (χ2n) is 4.38. The molecule has 0 bridgehead atoms. The van der Waals surface area contributed by atoms with E-state index in [0.29, 0.717) is 17.1 Å². The molecule has 1 heterocycles. The monoisotopic (exact) mass is 333 g/mol. The molecule has 1 aromatic heterocycles. The lowest BCUT2D eigenvalue weighted by molar-refractivity contribution is -0.384. The predicted molar refractivity (Wildman–Crippen MR) is 86.0 cm³/mol. The van der Waals surface area contributed by atoms with Crippen molar-refractivity contribution in [2.45, 2.75) is 0 Å². The number of hydrogen-bond acceptors (Lipinski definition) is 5. The van der Waals surface area contributed by atoms with Crippen LogP contribution < -0.4 is 0 Å². The fourth-order valence-corrected chi connectivity index (χ4v) is 2.01. The van der Waals surface area contributed by atoms with Gasteiger partial charge in [0.1, 0.15) is 18.1 Å². The molecule has 0 atom stereocenters. The summed E-state index contributed by atoms with van der Waals surface area (Å²) in [5.41, 5.74) is 0.418. The summed E-state index contributed by atoms with van der Waals surface area (Å²) in [5.74, 6) is 0.338. The molecule has 0 aliphatic carbocycles. The minimum Gasteiger partial charge on any atom is -0.458 e. The molecule has 0 saturated carbocycles. The lowest BCUT2D eigenvalue weighted by atomic mass is 10.1. The Bertz CT molecular complexity index is 779. The van der Waals surface area contributed by atoms with Crippen LogP contribution in [0.2, 0.25) is 5.02 Å². The topological polar surface area (TPSA) is 82.6 Å². The highest BCUT2D eigenvalue weighted by molar-refractivity contribution is 6.33. The van der Waals surface area contributed by atoms with Gasteiger partial charge in [0.05, 0.1) is 9.95 Å². The molecule has 23 heavy (non-hydrogen) atoms. The van der Waals surface area contributed by atoms with Crippen molar-refractivity contribution in [1.82, 2.24) is 0 Å². The minimum atomic E-state index is -0.527. The molecule has 0 aliphatic heterocycles. The number of nitro groups is 1. The number of rotatable bonds is 6. The highest BCUT2D eigenvalue weighted by Crippen LogP contribution is 2.32. The van der Waals surface area contributed by atoms with E-state index in [1.54, 1.807) is 12.1 Å². The zero-order valence-corrected chi connectivity index (χ0v) is 12.7. The Hall–Kier alpha value is -2.86. The standard InChI is InChI=1S/C16H12ClNO5/c1-2-9-22-16(19)8-5-12-4-7-15(23-12)13-6-3-11(18(20)21)10-14(13)17/h2-8,10H,1,9H2/b8-5+. The van der Waals surface area contributed by atoms with Gasteiger partial charge in [0.15, 0.2) is 0 Å². The first-order chi connectivity index (χ1) is 11.0. The van der Waals surface area contributed by atoms with Gasteiger partial charge in [-0.05, 0) is 24.3 Å². The Labute approximate surface area is 136 Å². The molecule has 7 heteroatoms. The van der Waals surface area contributed by atoms with E-state index >= 15 is 0 Å². The van der Waals surface area contributed by atoms with Crippen molar-refractivity contribution in [3.05, 3.63) is 70.0 Å². The number of halogens is 1. The van der Waals surface area contributed by atoms with Gasteiger partial charge in [0.25, 0.3) is 5.69 Å². The van der Waals surface area contributed by atoms with Crippen molar-refractivity contribution >= 4 is 29.3 Å². The van der Waals surface area contributed by atoms with Crippen LogP contribution in [0.5, 0.6) is 0 Å². The molecule has 0 saturated heterocycles. The van der Waals surface area contributed by atoms with E-state index in [0.717, 1.165) is 0 Å². The van der Waals surface area contributed by atoms with Gasteiger partial charge in [-0.3, -0.25) is 10.1 Å². The quantitative estimate of drug-likeness (QED) is 0.259. The molecule has 0 amide bonds. The molecule has 0 spiro atoms. The van der Waals surface area contributed by atoms with Gasteiger partial charge in [-0.15, -0.1) is 0 Å². The number of carbonyl (C=O) groups is 1. The number of nitrogens with zero attached hydrogens (tertiary/aromatic N) is 1. The van der Waals surface area contributed by atoms with Crippen LogP contribution in [0.1, 0.15) is 5.76 Å². The second kappa shape index (κ2) is 7.42. The molecule has 0 radical (unpaired) electrons. The average molecular weight is 334 g/mol. The van der Waals surface area contributed by atoms with E-state index in [9.17, 15) is 14.9 Å². The summed E-state index contributed by atoms with van der Waals surface area (Å²) >= 11 is 6.04. The fraction of sp³-hybridized carbons (Fsp3) is 0.0625. The van der Waals surface area contributed by atoms with Gasteiger partial charge in [0.2, 0.25) is 0 Å². The lowest BCUT2D eigenvalue weighted by Gasteiger charge is -2.00. The summed E-state index contributed by atoms with van der Waals surface area (Å²) in [6.45, 7) is 3.57. The van der Waals surface area contributed by atoms with E-state index in [1.165, 1.54) is 36.4 Å². The Kier molecular flexibility index (Phi) is 5.32. The summed E-state index contributed by atoms with van der Waals surface area (Å²) in [5, 5.41) is 10.9. The molecule has 1 aromatic carbocycles. The molecule has 0 unspecified atom stereocenters. The summed E-state index contributed by atoms with van der Waals surface area (Å²) in [6, 6.07) is 7.39. The maximum absolute atomic E-state index is 11.3. The zero-order valence-electron chi connectivity index (χ0n) is 11.9. The number of esters is 1. The normalized spacial score (nSPS) is 10.7. The van der Waals surface area contributed by atoms with E-state index in [1.807, 2.05) is 0 Å². The van der Waals surface area contributed by atoms with Crippen LogP contribution in [0.15, 0.2) is 53.5 Å². The first-order valence-corrected chi connectivity index (χ1v) is 6.89. The zero-order chi connectivity index (χ0) is 16.8. The minimum absolute atomic E-state index is 0.101. The van der Waals surface area contributed by atoms with Crippen LogP contribution in [0.4, 0.5) is 5.69 Å². The third kappa shape index (κ3) is 4.31. The van der Waals surface area contributed by atoms with Crippen LogP contribution >= 0.6 is 11.6 Å². The van der Waals surface area contributed by atoms with Crippen LogP contribution in [-0.4, -0.2) is 17.5 Å². The van der Waals surface area contributed by atoms with Crippen LogP contribution in [0.25, 0.3) is 17.4 Å². The van der Waals surface area contributed by atoms with E-state index in [-0.39, 0.29) is 17.3 Å². The van der Waals surface area contributed by atoms with E-state index in [4.69, 9.17) is 20.8 Å². The molecule has 2 aromatic rings. The maximum Gasteiger partial charge on any atom is 0.331 e. The number of non-ortho nitro benzene ring substituents is 1. The summed E-state index contributed by atoms with van der Waals surface area (Å²) in [4.78, 5) is 21.5. The van der Waals surface area contributed by atoms with Crippen molar-refractivity contribution in [2.75, 3.05) is 6.61 Å². The summed E-state index contributed by atoms with van der Waals surface area (Å²) in [6.07, 6.45) is 4.14. The molecule has 118 valence electrons. The van der Waals surface area contributed by atoms with Gasteiger partial charge in [-0.1, -0.05) is 24.3 Å². The first-order valence-electron chi connectivity index (χ1n) is 6.51. The third-order valence-corrected chi connectivity index (χ3v) is 3.10. The molecule has 0 aliphatic rings.